The fourth-order valence-corrected chi connectivity index (χ4v) is 4.35. The number of likely N-dealkylation sites (N-methyl/N-ethyl adjacent to an activating group) is 1. The molecule has 2 fully saturated rings. The Bertz CT molecular complexity index is 489. The van der Waals surface area contributed by atoms with Crippen LogP contribution < -0.4 is 10.6 Å². The molecule has 0 amide bonds. The predicted octanol–water partition coefficient (Wildman–Crippen LogP) is 3.14. The fourth-order valence-electron chi connectivity index (χ4n) is 3.63. The van der Waals surface area contributed by atoms with Gasteiger partial charge in [0.15, 0.2) is 0 Å². The summed E-state index contributed by atoms with van der Waals surface area (Å²) in [6, 6.07) is 8.20. The van der Waals surface area contributed by atoms with Gasteiger partial charge in [-0.15, -0.1) is 0 Å². The van der Waals surface area contributed by atoms with Crippen molar-refractivity contribution in [2.24, 2.45) is 5.73 Å². The molecule has 20 heavy (non-hydrogen) atoms. The topological polar surface area (TPSA) is 32.5 Å². The average Bonchev–Trinajstić information content (AvgIpc) is 2.62. The van der Waals surface area contributed by atoms with E-state index in [1.54, 1.807) is 0 Å². The summed E-state index contributed by atoms with van der Waals surface area (Å²) in [5.41, 5.74) is 8.49. The summed E-state index contributed by atoms with van der Waals surface area (Å²) in [6.45, 7) is 4.34. The largest absolute Gasteiger partial charge is 0.370 e. The average molecular weight is 338 g/mol. The minimum atomic E-state index is 0.0738. The molecular weight excluding hydrogens is 314 g/mol. The highest BCUT2D eigenvalue weighted by molar-refractivity contribution is 9.10. The highest BCUT2D eigenvalue weighted by Crippen LogP contribution is 2.33. The second kappa shape index (κ2) is 5.66. The number of hydrogen-bond donors (Lipinski definition) is 1. The van der Waals surface area contributed by atoms with E-state index in [0.717, 1.165) is 29.6 Å². The molecule has 0 aromatic heterocycles. The maximum Gasteiger partial charge on any atom is 0.0378 e. The Morgan fingerprint density at radius 2 is 2.00 bits per heavy atom. The molecule has 0 saturated carbocycles. The molecule has 2 saturated heterocycles. The van der Waals surface area contributed by atoms with E-state index in [-0.39, 0.29) is 6.04 Å². The van der Waals surface area contributed by atoms with Gasteiger partial charge in [-0.3, -0.25) is 4.90 Å². The Morgan fingerprint density at radius 3 is 2.70 bits per heavy atom. The first-order chi connectivity index (χ1) is 9.56. The highest BCUT2D eigenvalue weighted by Gasteiger charge is 2.34. The molecule has 1 aromatic carbocycles. The lowest BCUT2D eigenvalue weighted by Crippen LogP contribution is -2.36. The van der Waals surface area contributed by atoms with E-state index in [9.17, 15) is 0 Å². The smallest absolute Gasteiger partial charge is 0.0378 e. The zero-order valence-corrected chi connectivity index (χ0v) is 13.9. The molecule has 3 atom stereocenters. The van der Waals surface area contributed by atoms with Crippen LogP contribution in [0.4, 0.5) is 5.69 Å². The Hall–Kier alpha value is -0.580. The molecular formula is C16H24BrN3. The van der Waals surface area contributed by atoms with Gasteiger partial charge < -0.3 is 10.6 Å². The minimum Gasteiger partial charge on any atom is -0.370 e. The summed E-state index contributed by atoms with van der Waals surface area (Å²) >= 11 is 3.67. The van der Waals surface area contributed by atoms with Crippen molar-refractivity contribution < 1.29 is 0 Å². The van der Waals surface area contributed by atoms with Crippen LogP contribution in [-0.4, -0.2) is 37.1 Å². The lowest BCUT2D eigenvalue weighted by Gasteiger charge is -2.28. The lowest BCUT2D eigenvalue weighted by molar-refractivity contribution is 0.254. The normalized spacial score (nSPS) is 28.5. The summed E-state index contributed by atoms with van der Waals surface area (Å²) in [7, 11) is 2.29. The molecule has 2 N–H and O–H groups in total. The maximum absolute atomic E-state index is 5.99. The lowest BCUT2D eigenvalue weighted by atomic mass is 10.1. The van der Waals surface area contributed by atoms with Crippen molar-refractivity contribution in [3.8, 4) is 0 Å². The number of fused-ring (bicyclic) bond motifs is 2. The van der Waals surface area contributed by atoms with Crippen molar-refractivity contribution in [2.75, 3.05) is 25.0 Å². The SMILES string of the molecule is CC(N)c1ccc(N2CCC3CCC(C2)N3C)cc1Br. The third-order valence-corrected chi connectivity index (χ3v) is 5.67. The van der Waals surface area contributed by atoms with E-state index < -0.39 is 0 Å². The van der Waals surface area contributed by atoms with Crippen molar-refractivity contribution in [3.05, 3.63) is 28.2 Å². The second-order valence-corrected chi connectivity index (χ2v) is 7.13. The van der Waals surface area contributed by atoms with Gasteiger partial charge in [0.25, 0.3) is 0 Å². The quantitative estimate of drug-likeness (QED) is 0.899. The van der Waals surface area contributed by atoms with Gasteiger partial charge in [0, 0.05) is 41.4 Å². The van der Waals surface area contributed by atoms with Gasteiger partial charge in [0.05, 0.1) is 0 Å². The van der Waals surface area contributed by atoms with Gasteiger partial charge in [-0.2, -0.15) is 0 Å². The van der Waals surface area contributed by atoms with E-state index in [1.807, 2.05) is 6.92 Å². The first-order valence-electron chi connectivity index (χ1n) is 7.58. The fraction of sp³-hybridized carbons (Fsp3) is 0.625. The molecule has 2 bridgehead atoms. The van der Waals surface area contributed by atoms with Crippen molar-refractivity contribution >= 4 is 21.6 Å². The minimum absolute atomic E-state index is 0.0738. The molecule has 3 unspecified atom stereocenters. The molecule has 0 spiro atoms. The standard InChI is InChI=1S/C16H24BrN3/c1-11(18)15-6-5-13(9-16(15)17)20-8-7-12-3-4-14(10-20)19(12)2/h5-6,9,11-12,14H,3-4,7-8,10,18H2,1-2H3. The van der Waals surface area contributed by atoms with Crippen molar-refractivity contribution in [3.63, 3.8) is 0 Å². The third kappa shape index (κ3) is 2.61. The van der Waals surface area contributed by atoms with Crippen LogP contribution in [-0.2, 0) is 0 Å². The molecule has 3 nitrogen and oxygen atoms in total. The van der Waals surface area contributed by atoms with Crippen LogP contribution in [0.2, 0.25) is 0 Å². The molecule has 2 aliphatic rings. The number of nitrogens with two attached hydrogens (primary N) is 1. The van der Waals surface area contributed by atoms with E-state index in [0.29, 0.717) is 0 Å². The predicted molar refractivity (Wildman–Crippen MR) is 88.1 cm³/mol. The Kier molecular flexibility index (Phi) is 4.07. The zero-order valence-electron chi connectivity index (χ0n) is 12.3. The van der Waals surface area contributed by atoms with Gasteiger partial charge in [-0.25, -0.2) is 0 Å². The Morgan fingerprint density at radius 1 is 1.25 bits per heavy atom. The van der Waals surface area contributed by atoms with Crippen LogP contribution in [0.25, 0.3) is 0 Å². The van der Waals surface area contributed by atoms with Gasteiger partial charge in [0.1, 0.15) is 0 Å². The maximum atomic E-state index is 5.99. The zero-order chi connectivity index (χ0) is 14.3. The van der Waals surface area contributed by atoms with Crippen molar-refractivity contribution in [1.82, 2.24) is 4.90 Å². The highest BCUT2D eigenvalue weighted by atomic mass is 79.9. The molecule has 3 rings (SSSR count). The molecule has 110 valence electrons. The molecule has 4 heteroatoms. The number of hydrogen-bond acceptors (Lipinski definition) is 3. The third-order valence-electron chi connectivity index (χ3n) is 4.99. The van der Waals surface area contributed by atoms with Crippen LogP contribution in [0.15, 0.2) is 22.7 Å². The van der Waals surface area contributed by atoms with Gasteiger partial charge in [-0.1, -0.05) is 22.0 Å². The monoisotopic (exact) mass is 337 g/mol. The number of benzene rings is 1. The van der Waals surface area contributed by atoms with E-state index in [2.05, 4.69) is 51.0 Å². The van der Waals surface area contributed by atoms with Gasteiger partial charge in [0.2, 0.25) is 0 Å². The summed E-state index contributed by atoms with van der Waals surface area (Å²) < 4.78 is 1.13. The number of rotatable bonds is 2. The van der Waals surface area contributed by atoms with Crippen LogP contribution in [0.3, 0.4) is 0 Å². The van der Waals surface area contributed by atoms with Crippen LogP contribution in [0, 0.1) is 0 Å². The first-order valence-corrected chi connectivity index (χ1v) is 8.37. The molecule has 0 radical (unpaired) electrons. The number of nitrogens with zero attached hydrogens (tertiary/aromatic N) is 2. The van der Waals surface area contributed by atoms with E-state index in [4.69, 9.17) is 5.73 Å². The van der Waals surface area contributed by atoms with Gasteiger partial charge in [-0.05, 0) is 50.9 Å². The summed E-state index contributed by atoms with van der Waals surface area (Å²) in [5, 5.41) is 0. The number of anilines is 1. The summed E-state index contributed by atoms with van der Waals surface area (Å²) in [5.74, 6) is 0. The van der Waals surface area contributed by atoms with Crippen LogP contribution in [0.5, 0.6) is 0 Å². The summed E-state index contributed by atoms with van der Waals surface area (Å²) in [6.07, 6.45) is 4.00. The van der Waals surface area contributed by atoms with E-state index >= 15 is 0 Å². The Labute approximate surface area is 130 Å². The molecule has 2 aliphatic heterocycles. The van der Waals surface area contributed by atoms with E-state index in [1.165, 1.54) is 30.5 Å². The first kappa shape index (κ1) is 14.4. The molecule has 0 aliphatic carbocycles. The van der Waals surface area contributed by atoms with Crippen molar-refractivity contribution in [2.45, 2.75) is 44.3 Å². The molecule has 1 aromatic rings. The molecule has 2 heterocycles. The second-order valence-electron chi connectivity index (χ2n) is 6.28. The van der Waals surface area contributed by atoms with Crippen LogP contribution in [0.1, 0.15) is 37.8 Å². The number of halogens is 1. The Balaban J connectivity index is 1.81. The van der Waals surface area contributed by atoms with Gasteiger partial charge >= 0.3 is 0 Å². The van der Waals surface area contributed by atoms with Crippen molar-refractivity contribution in [1.29, 1.82) is 0 Å². The summed E-state index contributed by atoms with van der Waals surface area (Å²) in [4.78, 5) is 5.13. The van der Waals surface area contributed by atoms with Crippen LogP contribution >= 0.6 is 15.9 Å².